The van der Waals surface area contributed by atoms with Gasteiger partial charge in [0.1, 0.15) is 18.1 Å². The third kappa shape index (κ3) is 5.36. The topological polar surface area (TPSA) is 70.9 Å². The van der Waals surface area contributed by atoms with Gasteiger partial charge in [-0.15, -0.1) is 0 Å². The molecular weight excluding hydrogens is 536 g/mol. The average molecular weight is 554 g/mol. The molecule has 0 aliphatic heterocycles. The molecule has 0 bridgehead atoms. The maximum atomic E-state index is 12.4. The van der Waals surface area contributed by atoms with Crippen molar-refractivity contribution in [3.05, 3.63) is 104 Å². The van der Waals surface area contributed by atoms with Gasteiger partial charge in [0.05, 0.1) is 16.3 Å². The number of aromatic hydroxyl groups is 1. The number of hydrogen-bond acceptors (Lipinski definition) is 4. The Morgan fingerprint density at radius 2 is 1.69 bits per heavy atom. The molecule has 0 spiro atoms. The minimum absolute atomic E-state index is 0.0913. The normalized spacial score (nSPS) is 11.1. The summed E-state index contributed by atoms with van der Waals surface area (Å²) < 4.78 is 7.66. The number of ether oxygens (including phenoxy) is 1. The van der Waals surface area contributed by atoms with E-state index in [1.54, 1.807) is 12.1 Å². The van der Waals surface area contributed by atoms with Crippen molar-refractivity contribution in [1.29, 1.82) is 0 Å². The number of amides is 1. The number of hydrazone groups is 1. The van der Waals surface area contributed by atoms with E-state index < -0.39 is 5.91 Å². The summed E-state index contributed by atoms with van der Waals surface area (Å²) in [5.41, 5.74) is 4.46. The molecule has 0 radical (unpaired) electrons. The first-order valence-electron chi connectivity index (χ1n) is 9.71. The molecule has 32 heavy (non-hydrogen) atoms. The fraction of sp³-hybridized carbons (Fsp3) is 0.0400. The van der Waals surface area contributed by atoms with Crippen LogP contribution in [0.5, 0.6) is 11.5 Å². The summed E-state index contributed by atoms with van der Waals surface area (Å²) in [5, 5.41) is 15.9. The maximum Gasteiger partial charge on any atom is 0.275 e. The quantitative estimate of drug-likeness (QED) is 0.214. The van der Waals surface area contributed by atoms with Gasteiger partial charge in [0.15, 0.2) is 0 Å². The number of carbonyl (C=O) groups excluding carboxylic acids is 1. The van der Waals surface area contributed by atoms with E-state index in [1.165, 1.54) is 6.21 Å². The van der Waals surface area contributed by atoms with Gasteiger partial charge in [0.25, 0.3) is 5.91 Å². The van der Waals surface area contributed by atoms with Crippen LogP contribution in [0.2, 0.25) is 0 Å². The highest BCUT2D eigenvalue weighted by Gasteiger charge is 2.11. The maximum absolute atomic E-state index is 12.4. The summed E-state index contributed by atoms with van der Waals surface area (Å²) in [5.74, 6) is 0.125. The van der Waals surface area contributed by atoms with Crippen LogP contribution in [0.3, 0.4) is 0 Å². The predicted molar refractivity (Wildman–Crippen MR) is 133 cm³/mol. The summed E-state index contributed by atoms with van der Waals surface area (Å²) >= 11 is 6.93. The minimum Gasteiger partial charge on any atom is -0.507 e. The molecule has 4 aromatic rings. The van der Waals surface area contributed by atoms with Crippen molar-refractivity contribution in [3.63, 3.8) is 0 Å². The molecule has 0 saturated carbocycles. The summed E-state index contributed by atoms with van der Waals surface area (Å²) in [6.07, 6.45) is 1.53. The van der Waals surface area contributed by atoms with Crippen LogP contribution in [-0.2, 0) is 6.61 Å². The van der Waals surface area contributed by atoms with Crippen molar-refractivity contribution in [3.8, 4) is 11.5 Å². The van der Waals surface area contributed by atoms with Crippen molar-refractivity contribution in [2.24, 2.45) is 5.10 Å². The first kappa shape index (κ1) is 22.0. The average Bonchev–Trinajstić information content (AvgIpc) is 2.79. The number of hydrogen-bond donors (Lipinski definition) is 2. The Bertz CT molecular complexity index is 1300. The Morgan fingerprint density at radius 3 is 2.41 bits per heavy atom. The zero-order valence-corrected chi connectivity index (χ0v) is 19.9. The van der Waals surface area contributed by atoms with Crippen LogP contribution in [0, 0.1) is 0 Å². The summed E-state index contributed by atoms with van der Waals surface area (Å²) in [6, 6.07) is 24.2. The molecule has 4 aromatic carbocycles. The van der Waals surface area contributed by atoms with E-state index in [0.717, 1.165) is 30.8 Å². The van der Waals surface area contributed by atoms with Gasteiger partial charge >= 0.3 is 0 Å². The lowest BCUT2D eigenvalue weighted by molar-refractivity contribution is 0.0952. The molecule has 0 heterocycles. The van der Waals surface area contributed by atoms with Crippen molar-refractivity contribution in [2.75, 3.05) is 0 Å². The van der Waals surface area contributed by atoms with Gasteiger partial charge in [0.2, 0.25) is 0 Å². The lowest BCUT2D eigenvalue weighted by Gasteiger charge is -2.09. The second kappa shape index (κ2) is 9.97. The molecule has 4 rings (SSSR count). The van der Waals surface area contributed by atoms with Gasteiger partial charge in [-0.3, -0.25) is 4.79 Å². The van der Waals surface area contributed by atoms with Crippen LogP contribution < -0.4 is 10.2 Å². The van der Waals surface area contributed by atoms with Crippen LogP contribution in [0.4, 0.5) is 0 Å². The molecule has 2 N–H and O–H groups in total. The van der Waals surface area contributed by atoms with Crippen LogP contribution in [0.25, 0.3) is 10.8 Å². The summed E-state index contributed by atoms with van der Waals surface area (Å²) in [6.45, 7) is 0.449. The van der Waals surface area contributed by atoms with Gasteiger partial charge in [-0.05, 0) is 80.3 Å². The lowest BCUT2D eigenvalue weighted by atomic mass is 10.1. The van der Waals surface area contributed by atoms with Crippen molar-refractivity contribution in [1.82, 2.24) is 5.43 Å². The Balaban J connectivity index is 1.39. The van der Waals surface area contributed by atoms with Gasteiger partial charge in [-0.25, -0.2) is 5.43 Å². The molecule has 5 nitrogen and oxygen atoms in total. The molecule has 0 saturated heterocycles. The first-order valence-corrected chi connectivity index (χ1v) is 11.3. The van der Waals surface area contributed by atoms with E-state index in [4.69, 9.17) is 4.74 Å². The van der Waals surface area contributed by atoms with E-state index >= 15 is 0 Å². The van der Waals surface area contributed by atoms with Crippen LogP contribution in [0.15, 0.2) is 92.9 Å². The van der Waals surface area contributed by atoms with Crippen molar-refractivity contribution >= 4 is 54.8 Å². The number of phenols is 1. The Morgan fingerprint density at radius 1 is 0.969 bits per heavy atom. The monoisotopic (exact) mass is 552 g/mol. The molecular formula is C25H18Br2N2O3. The molecule has 7 heteroatoms. The number of nitrogens with one attached hydrogen (secondary N) is 1. The third-order valence-corrected chi connectivity index (χ3v) is 5.90. The number of phenolic OH excluding ortho intramolecular Hbond substituents is 1. The number of benzene rings is 4. The number of fused-ring (bicyclic) bond motifs is 1. The van der Waals surface area contributed by atoms with Crippen LogP contribution in [0.1, 0.15) is 21.5 Å². The van der Waals surface area contributed by atoms with E-state index in [-0.39, 0.29) is 11.3 Å². The first-order chi connectivity index (χ1) is 15.5. The van der Waals surface area contributed by atoms with Crippen molar-refractivity contribution < 1.29 is 14.6 Å². The molecule has 0 aliphatic carbocycles. The smallest absolute Gasteiger partial charge is 0.275 e. The standard InChI is InChI=1S/C25H18Br2N2O3/c26-20-8-5-16(6-9-20)15-32-24-10-7-17(11-22(24)27)14-28-29-25(31)21-12-18-3-1-2-4-19(18)13-23(21)30/h1-14,30H,15H2,(H,29,31). The second-order valence-corrected chi connectivity index (χ2v) is 8.79. The third-order valence-electron chi connectivity index (χ3n) is 4.75. The summed E-state index contributed by atoms with van der Waals surface area (Å²) in [4.78, 5) is 12.4. The van der Waals surface area contributed by atoms with Gasteiger partial charge in [0, 0.05) is 4.47 Å². The number of halogens is 2. The second-order valence-electron chi connectivity index (χ2n) is 7.02. The fourth-order valence-corrected chi connectivity index (χ4v) is 3.87. The van der Waals surface area contributed by atoms with E-state index in [1.807, 2.05) is 66.7 Å². The van der Waals surface area contributed by atoms with Crippen LogP contribution >= 0.6 is 31.9 Å². The molecule has 0 aliphatic rings. The molecule has 0 unspecified atom stereocenters. The molecule has 1 amide bonds. The van der Waals surface area contributed by atoms with Gasteiger partial charge < -0.3 is 9.84 Å². The predicted octanol–water partition coefficient (Wildman–Crippen LogP) is 6.41. The lowest BCUT2D eigenvalue weighted by Crippen LogP contribution is -2.17. The highest BCUT2D eigenvalue weighted by atomic mass is 79.9. The number of carbonyl (C=O) groups is 1. The highest BCUT2D eigenvalue weighted by Crippen LogP contribution is 2.27. The van der Waals surface area contributed by atoms with E-state index in [9.17, 15) is 9.90 Å². The Hall–Kier alpha value is -3.16. The molecule has 0 aromatic heterocycles. The zero-order chi connectivity index (χ0) is 22.5. The number of nitrogens with zero attached hydrogens (tertiary/aromatic N) is 1. The van der Waals surface area contributed by atoms with Crippen LogP contribution in [-0.4, -0.2) is 17.2 Å². The SMILES string of the molecule is O=C(NN=Cc1ccc(OCc2ccc(Br)cc2)c(Br)c1)c1cc2ccccc2cc1O. The molecule has 160 valence electrons. The van der Waals surface area contributed by atoms with E-state index in [0.29, 0.717) is 12.4 Å². The summed E-state index contributed by atoms with van der Waals surface area (Å²) in [7, 11) is 0. The minimum atomic E-state index is -0.488. The Kier molecular flexibility index (Phi) is 6.87. The molecule has 0 fully saturated rings. The largest absolute Gasteiger partial charge is 0.507 e. The van der Waals surface area contributed by atoms with Gasteiger partial charge in [-0.1, -0.05) is 52.3 Å². The highest BCUT2D eigenvalue weighted by molar-refractivity contribution is 9.10. The van der Waals surface area contributed by atoms with E-state index in [2.05, 4.69) is 42.4 Å². The fourth-order valence-electron chi connectivity index (χ4n) is 3.09. The number of rotatable bonds is 6. The zero-order valence-electron chi connectivity index (χ0n) is 16.8. The Labute approximate surface area is 202 Å². The van der Waals surface area contributed by atoms with Gasteiger partial charge in [-0.2, -0.15) is 5.10 Å². The molecule has 0 atom stereocenters. The van der Waals surface area contributed by atoms with Crippen molar-refractivity contribution in [2.45, 2.75) is 6.61 Å².